The molecule has 3 rings (SSSR count). The SMILES string of the molecule is C=C(/C=C(\C=C(\OCCCCCC1CCCCC1)C(C)CC)c1ccccc1)c1ccccc1. The Balaban J connectivity index is 1.66. The van der Waals surface area contributed by atoms with Crippen LogP contribution < -0.4 is 0 Å². The summed E-state index contributed by atoms with van der Waals surface area (Å²) in [6.07, 6.45) is 18.0. The number of benzene rings is 2. The molecule has 1 fully saturated rings. The van der Waals surface area contributed by atoms with Crippen molar-refractivity contribution in [3.63, 3.8) is 0 Å². The Hall–Kier alpha value is -2.54. The van der Waals surface area contributed by atoms with Gasteiger partial charge < -0.3 is 4.74 Å². The molecule has 0 aliphatic heterocycles. The molecule has 0 saturated heterocycles. The van der Waals surface area contributed by atoms with Gasteiger partial charge >= 0.3 is 0 Å². The van der Waals surface area contributed by atoms with Gasteiger partial charge in [-0.2, -0.15) is 0 Å². The number of hydrogen-bond donors (Lipinski definition) is 0. The maximum Gasteiger partial charge on any atom is 0.0993 e. The number of hydrogen-bond acceptors (Lipinski definition) is 1. The summed E-state index contributed by atoms with van der Waals surface area (Å²) in [5.41, 5.74) is 4.51. The normalized spacial score (nSPS) is 16.3. The minimum Gasteiger partial charge on any atom is -0.498 e. The van der Waals surface area contributed by atoms with Crippen LogP contribution >= 0.6 is 0 Å². The summed E-state index contributed by atoms with van der Waals surface area (Å²) in [6, 6.07) is 21.0. The Bertz CT molecular complexity index is 900. The first-order chi connectivity index (χ1) is 16.7. The van der Waals surface area contributed by atoms with Crippen molar-refractivity contribution < 1.29 is 4.74 Å². The molecule has 1 unspecified atom stereocenters. The second-order valence-electron chi connectivity index (χ2n) is 9.91. The van der Waals surface area contributed by atoms with Gasteiger partial charge in [-0.3, -0.25) is 0 Å². The molecule has 1 aliphatic rings. The van der Waals surface area contributed by atoms with E-state index >= 15 is 0 Å². The minimum atomic E-state index is 0.388. The number of ether oxygens (including phenoxy) is 1. The van der Waals surface area contributed by atoms with Crippen LogP contribution in [0.2, 0.25) is 0 Å². The quantitative estimate of drug-likeness (QED) is 0.165. The number of unbranched alkanes of at least 4 members (excludes halogenated alkanes) is 2. The Morgan fingerprint density at radius 2 is 1.53 bits per heavy atom. The van der Waals surface area contributed by atoms with Crippen molar-refractivity contribution in [2.75, 3.05) is 6.61 Å². The third-order valence-corrected chi connectivity index (χ3v) is 7.23. The van der Waals surface area contributed by atoms with Gasteiger partial charge in [-0.15, -0.1) is 0 Å². The summed E-state index contributed by atoms with van der Waals surface area (Å²) in [7, 11) is 0. The summed E-state index contributed by atoms with van der Waals surface area (Å²) in [5, 5.41) is 0. The molecule has 34 heavy (non-hydrogen) atoms. The molecule has 2 aromatic carbocycles. The molecular formula is C33H44O. The lowest BCUT2D eigenvalue weighted by molar-refractivity contribution is 0.173. The molecule has 1 saturated carbocycles. The standard InChI is InChI=1S/C33H44O/c1-4-27(2)33(34-24-16-8-11-19-29-17-9-5-10-18-29)26-32(31-22-14-7-15-23-31)25-28(3)30-20-12-6-13-21-30/h6-7,12-15,20-23,25-27,29H,3-5,8-11,16-19,24H2,1-2H3/b32-25+,33-26+. The van der Waals surface area contributed by atoms with Crippen LogP contribution in [0.3, 0.4) is 0 Å². The van der Waals surface area contributed by atoms with Gasteiger partial charge in [-0.05, 0) is 53.2 Å². The third-order valence-electron chi connectivity index (χ3n) is 7.23. The second-order valence-corrected chi connectivity index (χ2v) is 9.91. The van der Waals surface area contributed by atoms with Gasteiger partial charge in [0.1, 0.15) is 0 Å². The van der Waals surface area contributed by atoms with Crippen LogP contribution in [0.5, 0.6) is 0 Å². The zero-order chi connectivity index (χ0) is 24.0. The molecule has 0 amide bonds. The molecule has 0 bridgehead atoms. The lowest BCUT2D eigenvalue weighted by Gasteiger charge is -2.21. The predicted molar refractivity (Wildman–Crippen MR) is 148 cm³/mol. The largest absolute Gasteiger partial charge is 0.498 e. The summed E-state index contributed by atoms with van der Waals surface area (Å²) in [6.45, 7) is 9.66. The highest BCUT2D eigenvalue weighted by Crippen LogP contribution is 2.29. The number of rotatable bonds is 13. The molecule has 0 spiro atoms. The lowest BCUT2D eigenvalue weighted by atomic mass is 9.86. The Kier molecular flexibility index (Phi) is 11.2. The van der Waals surface area contributed by atoms with E-state index in [1.165, 1.54) is 56.9 Å². The molecular weight excluding hydrogens is 412 g/mol. The first kappa shape index (κ1) is 26.1. The van der Waals surface area contributed by atoms with Crippen LogP contribution in [-0.2, 0) is 4.74 Å². The van der Waals surface area contributed by atoms with Crippen molar-refractivity contribution in [3.8, 4) is 0 Å². The van der Waals surface area contributed by atoms with Gasteiger partial charge in [0.15, 0.2) is 0 Å². The summed E-state index contributed by atoms with van der Waals surface area (Å²) in [5.74, 6) is 2.46. The fourth-order valence-electron chi connectivity index (χ4n) is 4.82. The van der Waals surface area contributed by atoms with Crippen molar-refractivity contribution >= 4 is 11.1 Å². The molecule has 1 nitrogen and oxygen atoms in total. The van der Waals surface area contributed by atoms with Crippen LogP contribution in [-0.4, -0.2) is 6.61 Å². The van der Waals surface area contributed by atoms with Crippen molar-refractivity contribution in [2.24, 2.45) is 11.8 Å². The molecule has 2 aromatic rings. The van der Waals surface area contributed by atoms with Gasteiger partial charge in [-0.25, -0.2) is 0 Å². The van der Waals surface area contributed by atoms with E-state index in [0.717, 1.165) is 47.8 Å². The zero-order valence-electron chi connectivity index (χ0n) is 21.5. The average Bonchev–Trinajstić information content (AvgIpc) is 2.90. The van der Waals surface area contributed by atoms with Gasteiger partial charge in [0.2, 0.25) is 0 Å². The maximum atomic E-state index is 6.42. The molecule has 1 heteroatoms. The first-order valence-electron chi connectivity index (χ1n) is 13.5. The van der Waals surface area contributed by atoms with Gasteiger partial charge in [0.25, 0.3) is 0 Å². The Morgan fingerprint density at radius 3 is 2.18 bits per heavy atom. The van der Waals surface area contributed by atoms with Crippen LogP contribution in [0.1, 0.15) is 89.2 Å². The van der Waals surface area contributed by atoms with Crippen molar-refractivity contribution in [1.29, 1.82) is 0 Å². The van der Waals surface area contributed by atoms with Gasteiger partial charge in [0, 0.05) is 5.92 Å². The molecule has 0 aromatic heterocycles. The average molecular weight is 457 g/mol. The van der Waals surface area contributed by atoms with E-state index in [4.69, 9.17) is 4.74 Å². The Labute approximate surface area is 208 Å². The number of allylic oxidation sites excluding steroid dienone is 5. The smallest absolute Gasteiger partial charge is 0.0993 e. The van der Waals surface area contributed by atoms with Crippen molar-refractivity contribution in [1.82, 2.24) is 0 Å². The summed E-state index contributed by atoms with van der Waals surface area (Å²) < 4.78 is 6.42. The summed E-state index contributed by atoms with van der Waals surface area (Å²) >= 11 is 0. The van der Waals surface area contributed by atoms with E-state index in [2.05, 4.69) is 87.2 Å². The van der Waals surface area contributed by atoms with Gasteiger partial charge in [-0.1, -0.05) is 132 Å². The fourth-order valence-corrected chi connectivity index (χ4v) is 4.82. The van der Waals surface area contributed by atoms with Crippen molar-refractivity contribution in [2.45, 2.75) is 78.1 Å². The van der Waals surface area contributed by atoms with E-state index in [9.17, 15) is 0 Å². The second kappa shape index (κ2) is 14.7. The monoisotopic (exact) mass is 456 g/mol. The Morgan fingerprint density at radius 1 is 0.882 bits per heavy atom. The van der Waals surface area contributed by atoms with E-state index < -0.39 is 0 Å². The highest BCUT2D eigenvalue weighted by atomic mass is 16.5. The zero-order valence-corrected chi connectivity index (χ0v) is 21.5. The van der Waals surface area contributed by atoms with E-state index in [-0.39, 0.29) is 0 Å². The van der Waals surface area contributed by atoms with Crippen LogP contribution in [0, 0.1) is 11.8 Å². The van der Waals surface area contributed by atoms with Crippen LogP contribution in [0.4, 0.5) is 0 Å². The first-order valence-corrected chi connectivity index (χ1v) is 13.5. The summed E-state index contributed by atoms with van der Waals surface area (Å²) in [4.78, 5) is 0. The highest BCUT2D eigenvalue weighted by molar-refractivity contribution is 5.86. The molecule has 1 aliphatic carbocycles. The molecule has 1 atom stereocenters. The molecule has 182 valence electrons. The van der Waals surface area contributed by atoms with Gasteiger partial charge in [0.05, 0.1) is 12.4 Å². The van der Waals surface area contributed by atoms with E-state index in [1.807, 2.05) is 6.07 Å². The van der Waals surface area contributed by atoms with E-state index in [0.29, 0.717) is 5.92 Å². The molecule has 0 radical (unpaired) electrons. The van der Waals surface area contributed by atoms with E-state index in [1.54, 1.807) is 0 Å². The fraction of sp³-hybridized carbons (Fsp3) is 0.455. The highest BCUT2D eigenvalue weighted by Gasteiger charge is 2.13. The van der Waals surface area contributed by atoms with Crippen LogP contribution in [0.25, 0.3) is 11.1 Å². The molecule has 0 heterocycles. The van der Waals surface area contributed by atoms with Crippen LogP contribution in [0.15, 0.2) is 85.2 Å². The van der Waals surface area contributed by atoms with Crippen molar-refractivity contribution in [3.05, 3.63) is 96.3 Å². The molecule has 0 N–H and O–H groups in total. The predicted octanol–water partition coefficient (Wildman–Crippen LogP) is 9.87. The lowest BCUT2D eigenvalue weighted by Crippen LogP contribution is -2.07. The third kappa shape index (κ3) is 8.67. The maximum absolute atomic E-state index is 6.42. The minimum absolute atomic E-state index is 0.388. The topological polar surface area (TPSA) is 9.23 Å².